The maximum Gasteiger partial charge on any atom is 0.309 e. The van der Waals surface area contributed by atoms with Crippen LogP contribution < -0.4 is 19.7 Å². The van der Waals surface area contributed by atoms with Crippen LogP contribution in [0.1, 0.15) is 19.6 Å². The number of imidazole rings is 1. The number of anilines is 1. The Hall–Kier alpha value is -3.32. The second-order valence-corrected chi connectivity index (χ2v) is 8.30. The average Bonchev–Trinajstić information content (AvgIpc) is 3.55. The number of hydrogen-bond donors (Lipinski definition) is 4. The van der Waals surface area contributed by atoms with Crippen LogP contribution in [0.2, 0.25) is 0 Å². The van der Waals surface area contributed by atoms with Crippen molar-refractivity contribution in [2.24, 2.45) is 0 Å². The van der Waals surface area contributed by atoms with Crippen molar-refractivity contribution in [2.45, 2.75) is 43.9 Å². The summed E-state index contributed by atoms with van der Waals surface area (Å²) in [4.78, 5) is 11.7. The predicted octanol–water partition coefficient (Wildman–Crippen LogP) is 0.164. The summed E-state index contributed by atoms with van der Waals surface area (Å²) in [5.74, 6) is 0.0736. The van der Waals surface area contributed by atoms with Gasteiger partial charge in [0.25, 0.3) is 0 Å². The minimum atomic E-state index is -1.23. The van der Waals surface area contributed by atoms with E-state index in [0.717, 1.165) is 6.42 Å². The molecule has 2 aromatic heterocycles. The minimum absolute atomic E-state index is 0.0512. The summed E-state index contributed by atoms with van der Waals surface area (Å²) in [6, 6.07) is 6.13. The van der Waals surface area contributed by atoms with Crippen LogP contribution in [0.3, 0.4) is 0 Å². The van der Waals surface area contributed by atoms with Crippen LogP contribution in [0.25, 0.3) is 11.2 Å². The van der Waals surface area contributed by atoms with Crippen LogP contribution in [0, 0.1) is 5.82 Å². The Kier molecular flexibility index (Phi) is 7.76. The van der Waals surface area contributed by atoms with Crippen LogP contribution in [0.15, 0.2) is 49.3 Å². The third-order valence-electron chi connectivity index (χ3n) is 5.54. The van der Waals surface area contributed by atoms with Crippen molar-refractivity contribution >= 4 is 17.0 Å². The monoisotopic (exact) mass is 489 g/mol. The summed E-state index contributed by atoms with van der Waals surface area (Å²) in [5, 5.41) is 33.7. The highest BCUT2D eigenvalue weighted by atomic mass is 19.1. The zero-order valence-electron chi connectivity index (χ0n) is 19.1. The lowest BCUT2D eigenvalue weighted by molar-refractivity contribution is -0.745. The van der Waals surface area contributed by atoms with Crippen LogP contribution in [-0.2, 0) is 9.47 Å². The fourth-order valence-corrected chi connectivity index (χ4v) is 3.88. The smallest absolute Gasteiger partial charge is 0.309 e. The Morgan fingerprint density at radius 2 is 2.11 bits per heavy atom. The van der Waals surface area contributed by atoms with E-state index in [1.165, 1.54) is 25.4 Å². The molecule has 11 nitrogen and oxygen atoms in total. The van der Waals surface area contributed by atoms with Gasteiger partial charge in [-0.1, -0.05) is 24.0 Å². The molecule has 0 spiro atoms. The van der Waals surface area contributed by atoms with Crippen molar-refractivity contribution in [1.29, 1.82) is 0 Å². The molecule has 1 aromatic carbocycles. The molecule has 1 unspecified atom stereocenters. The van der Waals surface area contributed by atoms with Crippen LogP contribution in [0.5, 0.6) is 5.75 Å². The second-order valence-electron chi connectivity index (χ2n) is 8.30. The van der Waals surface area contributed by atoms with Gasteiger partial charge < -0.3 is 34.8 Å². The van der Waals surface area contributed by atoms with E-state index < -0.39 is 30.4 Å². The van der Waals surface area contributed by atoms with Crippen molar-refractivity contribution in [3.63, 3.8) is 0 Å². The first-order valence-corrected chi connectivity index (χ1v) is 11.1. The van der Waals surface area contributed by atoms with Crippen molar-refractivity contribution in [1.82, 2.24) is 15.0 Å². The SMILES string of the molecule is C=C(C)[O-].O[C@@H]1[C@H](O)[C@H]([n+]2c[nH]c3c(NC4CCOC4)ncnc32)O[C@@H]1COc1ccccc1F. The zero-order chi connectivity index (χ0) is 24.9. The summed E-state index contributed by atoms with van der Waals surface area (Å²) in [7, 11) is 0. The van der Waals surface area contributed by atoms with Gasteiger partial charge in [-0.2, -0.15) is 4.98 Å². The molecule has 5 atom stereocenters. The Morgan fingerprint density at radius 3 is 2.83 bits per heavy atom. The molecule has 0 aliphatic carbocycles. The van der Waals surface area contributed by atoms with Crippen molar-refractivity contribution in [2.75, 3.05) is 25.1 Å². The van der Waals surface area contributed by atoms with Crippen LogP contribution >= 0.6 is 0 Å². The fourth-order valence-electron chi connectivity index (χ4n) is 3.88. The summed E-state index contributed by atoms with van der Waals surface area (Å²) >= 11 is 0. The molecule has 3 aromatic rings. The van der Waals surface area contributed by atoms with Gasteiger partial charge in [-0.3, -0.25) is 4.98 Å². The lowest BCUT2D eigenvalue weighted by atomic mass is 10.1. The first-order chi connectivity index (χ1) is 16.8. The fraction of sp³-hybridized carbons (Fsp3) is 0.435. The van der Waals surface area contributed by atoms with E-state index in [2.05, 4.69) is 26.8 Å². The van der Waals surface area contributed by atoms with Crippen molar-refractivity contribution < 1.29 is 38.5 Å². The number of aliphatic hydroxyl groups is 2. The molecule has 188 valence electrons. The second kappa shape index (κ2) is 11.0. The van der Waals surface area contributed by atoms with Gasteiger partial charge in [0, 0.05) is 6.61 Å². The average molecular weight is 490 g/mol. The number of hydrogen-bond acceptors (Lipinski definition) is 9. The van der Waals surface area contributed by atoms with Gasteiger partial charge in [0.15, 0.2) is 30.0 Å². The summed E-state index contributed by atoms with van der Waals surface area (Å²) in [6.45, 7) is 5.60. The highest BCUT2D eigenvalue weighted by Crippen LogP contribution is 2.28. The Morgan fingerprint density at radius 1 is 1.34 bits per heavy atom. The molecule has 0 amide bonds. The molecule has 2 aliphatic rings. The molecule has 0 radical (unpaired) electrons. The quantitative estimate of drug-likeness (QED) is 0.281. The molecule has 0 saturated carbocycles. The number of allylic oxidation sites excluding steroid dienone is 1. The predicted molar refractivity (Wildman–Crippen MR) is 120 cm³/mol. The normalized spacial score (nSPS) is 25.8. The number of ether oxygens (including phenoxy) is 3. The molecule has 4 N–H and O–H groups in total. The number of para-hydroxylation sites is 1. The molecule has 2 fully saturated rings. The van der Waals surface area contributed by atoms with Crippen molar-refractivity contribution in [3.05, 3.63) is 55.1 Å². The number of fused-ring (bicyclic) bond motifs is 1. The maximum absolute atomic E-state index is 13.8. The number of aliphatic hydroxyl groups excluding tert-OH is 2. The zero-order valence-corrected chi connectivity index (χ0v) is 19.1. The largest absolute Gasteiger partial charge is 0.876 e. The number of benzene rings is 1. The maximum atomic E-state index is 13.8. The minimum Gasteiger partial charge on any atom is -0.876 e. The summed E-state index contributed by atoms with van der Waals surface area (Å²) < 4.78 is 32.1. The van der Waals surface area contributed by atoms with Gasteiger partial charge in [0.05, 0.1) is 12.6 Å². The molecule has 0 bridgehead atoms. The molecule has 4 heterocycles. The number of nitrogens with one attached hydrogen (secondary N) is 2. The third-order valence-corrected chi connectivity index (χ3v) is 5.54. The van der Waals surface area contributed by atoms with E-state index in [4.69, 9.17) is 14.2 Å². The van der Waals surface area contributed by atoms with Gasteiger partial charge in [0.2, 0.25) is 11.7 Å². The molecular formula is C23H28FN5O6. The third kappa shape index (κ3) is 5.68. The number of H-pyrrole nitrogens is 1. The molecule has 2 saturated heterocycles. The molecule has 12 heteroatoms. The van der Waals surface area contributed by atoms with E-state index in [-0.39, 0.29) is 24.2 Å². The Bertz CT molecular complexity index is 1150. The van der Waals surface area contributed by atoms with Crippen LogP contribution in [-0.4, -0.2) is 69.3 Å². The number of rotatable bonds is 6. The molecule has 2 aliphatic heterocycles. The van der Waals surface area contributed by atoms with Gasteiger partial charge >= 0.3 is 5.65 Å². The number of aromatic nitrogens is 4. The first-order valence-electron chi connectivity index (χ1n) is 11.1. The lowest BCUT2D eigenvalue weighted by Crippen LogP contribution is -2.45. The van der Waals surface area contributed by atoms with Crippen LogP contribution in [0.4, 0.5) is 10.2 Å². The Balaban J connectivity index is 0.000000672. The molecular weight excluding hydrogens is 461 g/mol. The highest BCUT2D eigenvalue weighted by Gasteiger charge is 2.47. The number of aromatic amines is 1. The molecule has 35 heavy (non-hydrogen) atoms. The number of nitrogens with zero attached hydrogens (tertiary/aromatic N) is 3. The summed E-state index contributed by atoms with van der Waals surface area (Å²) in [6.07, 6.45) is -0.302. The van der Waals surface area contributed by atoms with E-state index in [0.29, 0.717) is 30.2 Å². The molecule has 5 rings (SSSR count). The number of halogens is 1. The van der Waals surface area contributed by atoms with E-state index >= 15 is 0 Å². The van der Waals surface area contributed by atoms with Gasteiger partial charge in [-0.15, -0.1) is 12.3 Å². The van der Waals surface area contributed by atoms with E-state index in [1.54, 1.807) is 23.0 Å². The topological polar surface area (TPSA) is 149 Å². The van der Waals surface area contributed by atoms with Gasteiger partial charge in [0.1, 0.15) is 24.9 Å². The Labute approximate surface area is 200 Å². The van der Waals surface area contributed by atoms with E-state index in [1.807, 2.05) is 0 Å². The highest BCUT2D eigenvalue weighted by molar-refractivity contribution is 5.79. The standard InChI is InChI=1S/C20H22FN5O5.C3H6O/c21-12-3-1-2-4-13(12)30-8-14-16(27)17(28)20(31-14)26-10-24-15-18(22-9-23-19(15)26)25-11-5-6-29-7-11;1-3(2)4/h1-4,9-11,14,16-17,20,27-28H,5-8H2,(H,22,23,25);4H,1H2,2H3/t11?,14-,16+,17+,20-;/m1./s1. The van der Waals surface area contributed by atoms with Gasteiger partial charge in [-0.05, 0) is 18.6 Å². The van der Waals surface area contributed by atoms with Crippen molar-refractivity contribution in [3.8, 4) is 5.75 Å². The first kappa shape index (κ1) is 24.8. The van der Waals surface area contributed by atoms with Gasteiger partial charge in [-0.25, -0.2) is 8.96 Å². The lowest BCUT2D eigenvalue weighted by Gasteiger charge is -2.15. The van der Waals surface area contributed by atoms with E-state index in [9.17, 15) is 19.7 Å². The summed E-state index contributed by atoms with van der Waals surface area (Å²) in [5.41, 5.74) is 1.15.